The predicted octanol–water partition coefficient (Wildman–Crippen LogP) is 1.50. The Morgan fingerprint density at radius 2 is 2.05 bits per heavy atom. The highest BCUT2D eigenvalue weighted by molar-refractivity contribution is 7.90. The number of carbonyl (C=O) groups is 1. The second kappa shape index (κ2) is 5.56. The molecule has 1 unspecified atom stereocenters. The van der Waals surface area contributed by atoms with Crippen molar-refractivity contribution in [2.24, 2.45) is 5.92 Å². The molecule has 0 heterocycles. The van der Waals surface area contributed by atoms with Crippen molar-refractivity contribution >= 4 is 15.8 Å². The Labute approximate surface area is 110 Å². The molecule has 106 valence electrons. The number of benzene rings is 1. The summed E-state index contributed by atoms with van der Waals surface area (Å²) in [6, 6.07) is 2.66. The first kappa shape index (κ1) is 15.4. The minimum atomic E-state index is -3.80. The van der Waals surface area contributed by atoms with Gasteiger partial charge in [0.15, 0.2) is 9.84 Å². The number of aliphatic carboxylic acids is 1. The van der Waals surface area contributed by atoms with Crippen molar-refractivity contribution in [2.45, 2.75) is 18.2 Å². The fourth-order valence-corrected chi connectivity index (χ4v) is 2.63. The Bertz CT molecular complexity index is 594. The highest BCUT2D eigenvalue weighted by atomic mass is 32.2. The van der Waals surface area contributed by atoms with Gasteiger partial charge >= 0.3 is 5.97 Å². The highest BCUT2D eigenvalue weighted by Gasteiger charge is 2.24. The Kier molecular flexibility index (Phi) is 4.52. The molecular weight excluding hydrogens is 275 g/mol. The van der Waals surface area contributed by atoms with Crippen molar-refractivity contribution < 1.29 is 27.4 Å². The number of carboxylic acid groups (broad SMARTS) is 1. The molecular formula is C12H15FO5S. The molecule has 1 rings (SSSR count). The van der Waals surface area contributed by atoms with Crippen LogP contribution in [0, 0.1) is 11.7 Å². The molecule has 1 N–H and O–H groups in total. The Morgan fingerprint density at radius 1 is 1.47 bits per heavy atom. The molecule has 1 aromatic carbocycles. The minimum absolute atomic E-state index is 0.0381. The zero-order chi connectivity index (χ0) is 14.8. The van der Waals surface area contributed by atoms with E-state index in [2.05, 4.69) is 0 Å². The van der Waals surface area contributed by atoms with Gasteiger partial charge in [0.1, 0.15) is 16.5 Å². The van der Waals surface area contributed by atoms with E-state index in [4.69, 9.17) is 9.84 Å². The van der Waals surface area contributed by atoms with Gasteiger partial charge in [0.25, 0.3) is 0 Å². The maximum absolute atomic E-state index is 14.2. The van der Waals surface area contributed by atoms with E-state index in [9.17, 15) is 17.6 Å². The highest BCUT2D eigenvalue weighted by Crippen LogP contribution is 2.30. The number of hydrogen-bond acceptors (Lipinski definition) is 4. The van der Waals surface area contributed by atoms with E-state index in [1.165, 1.54) is 26.2 Å². The Morgan fingerprint density at radius 3 is 2.47 bits per heavy atom. The van der Waals surface area contributed by atoms with Gasteiger partial charge in [-0.1, -0.05) is 13.0 Å². The van der Waals surface area contributed by atoms with Crippen LogP contribution in [-0.4, -0.2) is 32.9 Å². The molecule has 1 aromatic rings. The second-order valence-electron chi connectivity index (χ2n) is 4.29. The van der Waals surface area contributed by atoms with Crippen LogP contribution in [0.3, 0.4) is 0 Å². The molecule has 0 radical (unpaired) electrons. The maximum Gasteiger partial charge on any atom is 0.306 e. The molecule has 0 fully saturated rings. The molecule has 0 amide bonds. The first-order valence-electron chi connectivity index (χ1n) is 5.46. The summed E-state index contributed by atoms with van der Waals surface area (Å²) in [5, 5.41) is 8.80. The molecule has 5 nitrogen and oxygen atoms in total. The molecule has 0 saturated carbocycles. The van der Waals surface area contributed by atoms with Gasteiger partial charge in [-0.2, -0.15) is 0 Å². The molecule has 0 bridgehead atoms. The molecule has 0 saturated heterocycles. The van der Waals surface area contributed by atoms with E-state index in [1.807, 2.05) is 0 Å². The van der Waals surface area contributed by atoms with Crippen molar-refractivity contribution in [1.82, 2.24) is 0 Å². The van der Waals surface area contributed by atoms with E-state index >= 15 is 0 Å². The van der Waals surface area contributed by atoms with Crippen molar-refractivity contribution in [3.63, 3.8) is 0 Å². The van der Waals surface area contributed by atoms with Gasteiger partial charge in [0.2, 0.25) is 0 Å². The van der Waals surface area contributed by atoms with Gasteiger partial charge < -0.3 is 9.84 Å². The van der Waals surface area contributed by atoms with Crippen molar-refractivity contribution in [3.8, 4) is 5.75 Å². The third-order valence-electron chi connectivity index (χ3n) is 2.68. The van der Waals surface area contributed by atoms with Crippen LogP contribution in [0.2, 0.25) is 0 Å². The molecule has 7 heteroatoms. The monoisotopic (exact) mass is 290 g/mol. The minimum Gasteiger partial charge on any atom is -0.495 e. The van der Waals surface area contributed by atoms with Gasteiger partial charge in [-0.3, -0.25) is 4.79 Å². The third kappa shape index (κ3) is 3.44. The lowest BCUT2D eigenvalue weighted by Gasteiger charge is -2.13. The SMILES string of the molecule is COc1ccc(CC(C)C(=O)O)c(F)c1S(C)(=O)=O. The van der Waals surface area contributed by atoms with Gasteiger partial charge in [-0.15, -0.1) is 0 Å². The van der Waals surface area contributed by atoms with Gasteiger partial charge in [0, 0.05) is 6.26 Å². The number of hydrogen-bond donors (Lipinski definition) is 1. The quantitative estimate of drug-likeness (QED) is 0.889. The van der Waals surface area contributed by atoms with E-state index in [0.717, 1.165) is 6.26 Å². The lowest BCUT2D eigenvalue weighted by Crippen LogP contribution is -2.14. The average Bonchev–Trinajstić information content (AvgIpc) is 2.29. The molecule has 0 aliphatic rings. The van der Waals surface area contributed by atoms with Gasteiger partial charge in [-0.05, 0) is 18.1 Å². The summed E-state index contributed by atoms with van der Waals surface area (Å²) in [7, 11) is -2.56. The molecule has 1 atom stereocenters. The molecule has 19 heavy (non-hydrogen) atoms. The van der Waals surface area contributed by atoms with E-state index < -0.39 is 32.4 Å². The van der Waals surface area contributed by atoms with E-state index in [1.54, 1.807) is 0 Å². The fourth-order valence-electron chi connectivity index (χ4n) is 1.66. The van der Waals surface area contributed by atoms with Crippen LogP contribution in [0.15, 0.2) is 17.0 Å². The number of methoxy groups -OCH3 is 1. The molecule has 0 aromatic heterocycles. The zero-order valence-corrected chi connectivity index (χ0v) is 11.6. The van der Waals surface area contributed by atoms with Gasteiger partial charge in [-0.25, -0.2) is 12.8 Å². The summed E-state index contributed by atoms with van der Waals surface area (Å²) in [5.74, 6) is -2.92. The van der Waals surface area contributed by atoms with E-state index in [0.29, 0.717) is 0 Å². The second-order valence-corrected chi connectivity index (χ2v) is 6.24. The van der Waals surface area contributed by atoms with Gasteiger partial charge in [0.05, 0.1) is 13.0 Å². The van der Waals surface area contributed by atoms with Crippen LogP contribution < -0.4 is 4.74 Å². The summed E-state index contributed by atoms with van der Waals surface area (Å²) >= 11 is 0. The largest absolute Gasteiger partial charge is 0.495 e. The predicted molar refractivity (Wildman–Crippen MR) is 66.6 cm³/mol. The number of carboxylic acids is 1. The normalized spacial score (nSPS) is 13.1. The summed E-state index contributed by atoms with van der Waals surface area (Å²) < 4.78 is 42.2. The van der Waals surface area contributed by atoms with Crippen LogP contribution in [0.25, 0.3) is 0 Å². The summed E-state index contributed by atoms with van der Waals surface area (Å²) in [5.41, 5.74) is 0.0381. The summed E-state index contributed by atoms with van der Waals surface area (Å²) in [4.78, 5) is 10.2. The lowest BCUT2D eigenvalue weighted by atomic mass is 10.0. The Hall–Kier alpha value is -1.63. The number of halogens is 1. The molecule has 0 spiro atoms. The maximum atomic E-state index is 14.2. The average molecular weight is 290 g/mol. The standard InChI is InChI=1S/C12H15FO5S/c1-7(12(14)15)6-8-4-5-9(18-2)11(10(8)13)19(3,16)17/h4-5,7H,6H2,1-3H3,(H,14,15). The third-order valence-corrected chi connectivity index (χ3v) is 3.80. The van der Waals surface area contributed by atoms with Crippen LogP contribution >= 0.6 is 0 Å². The van der Waals surface area contributed by atoms with Crippen molar-refractivity contribution in [2.75, 3.05) is 13.4 Å². The first-order valence-corrected chi connectivity index (χ1v) is 7.35. The number of sulfone groups is 1. The van der Waals surface area contributed by atoms with Crippen molar-refractivity contribution in [1.29, 1.82) is 0 Å². The van der Waals surface area contributed by atoms with Crippen LogP contribution in [0.5, 0.6) is 5.75 Å². The van der Waals surface area contributed by atoms with Crippen LogP contribution in [-0.2, 0) is 21.1 Å². The number of ether oxygens (including phenoxy) is 1. The first-order chi connectivity index (χ1) is 8.68. The summed E-state index contributed by atoms with van der Waals surface area (Å²) in [6.45, 7) is 1.42. The molecule has 0 aliphatic carbocycles. The Balaban J connectivity index is 3.36. The fraction of sp³-hybridized carbons (Fsp3) is 0.417. The topological polar surface area (TPSA) is 80.7 Å². The smallest absolute Gasteiger partial charge is 0.306 e. The zero-order valence-electron chi connectivity index (χ0n) is 10.8. The van der Waals surface area contributed by atoms with E-state index in [-0.39, 0.29) is 17.7 Å². The summed E-state index contributed by atoms with van der Waals surface area (Å²) in [6.07, 6.45) is 0.784. The molecule has 0 aliphatic heterocycles. The van der Waals surface area contributed by atoms with Crippen LogP contribution in [0.4, 0.5) is 4.39 Å². The van der Waals surface area contributed by atoms with Crippen LogP contribution in [0.1, 0.15) is 12.5 Å². The lowest BCUT2D eigenvalue weighted by molar-refractivity contribution is -0.141. The number of rotatable bonds is 5. The van der Waals surface area contributed by atoms with Crippen molar-refractivity contribution in [3.05, 3.63) is 23.5 Å².